The second-order valence-electron chi connectivity index (χ2n) is 5.73. The smallest absolute Gasteiger partial charge is 0.251 e. The predicted octanol–water partition coefficient (Wildman–Crippen LogP) is 2.99. The molecule has 0 radical (unpaired) electrons. The zero-order chi connectivity index (χ0) is 20.2. The monoisotopic (exact) mass is 456 g/mol. The van der Waals surface area contributed by atoms with Crippen LogP contribution in [0, 0.1) is 0 Å². The molecule has 0 unspecified atom stereocenters. The number of methoxy groups -OCH3 is 1. The number of nitrogens with one attached hydrogen (secondary N) is 1. The van der Waals surface area contributed by atoms with E-state index in [-0.39, 0.29) is 16.8 Å². The van der Waals surface area contributed by atoms with Crippen molar-refractivity contribution in [1.29, 1.82) is 0 Å². The molecule has 3 N–H and O–H groups in total. The Morgan fingerprint density at radius 1 is 1.26 bits per heavy atom. The number of amides is 1. The third-order valence-electron chi connectivity index (χ3n) is 3.83. The molecule has 2 aromatic rings. The van der Waals surface area contributed by atoms with Crippen molar-refractivity contribution >= 4 is 31.9 Å². The lowest BCUT2D eigenvalue weighted by Crippen LogP contribution is -2.26. The maximum atomic E-state index is 12.6. The first-order chi connectivity index (χ1) is 12.7. The topological polar surface area (TPSA) is 108 Å². The molecule has 0 bridgehead atoms. The first kappa shape index (κ1) is 21.2. The first-order valence-electron chi connectivity index (χ1n) is 8.11. The number of ether oxygens (including phenoxy) is 2. The van der Waals surface area contributed by atoms with Crippen LogP contribution in [0.25, 0.3) is 0 Å². The van der Waals surface area contributed by atoms with Crippen LogP contribution in [-0.4, -0.2) is 28.0 Å². The van der Waals surface area contributed by atoms with Crippen molar-refractivity contribution in [3.8, 4) is 11.5 Å². The maximum Gasteiger partial charge on any atom is 0.251 e. The van der Waals surface area contributed by atoms with Crippen molar-refractivity contribution in [1.82, 2.24) is 5.32 Å². The van der Waals surface area contributed by atoms with Gasteiger partial charge in [-0.1, -0.05) is 12.1 Å². The van der Waals surface area contributed by atoms with E-state index < -0.39 is 10.0 Å². The van der Waals surface area contributed by atoms with Crippen LogP contribution in [-0.2, 0) is 10.0 Å². The molecule has 2 aromatic carbocycles. The molecule has 0 saturated carbocycles. The van der Waals surface area contributed by atoms with Gasteiger partial charge in [0.05, 0.1) is 29.1 Å². The van der Waals surface area contributed by atoms with Gasteiger partial charge in [0.2, 0.25) is 10.0 Å². The van der Waals surface area contributed by atoms with Gasteiger partial charge >= 0.3 is 0 Å². The van der Waals surface area contributed by atoms with E-state index in [2.05, 4.69) is 21.2 Å². The molecule has 0 aliphatic carbocycles. The summed E-state index contributed by atoms with van der Waals surface area (Å²) < 4.78 is 34.1. The molecule has 1 atom stereocenters. The molecular formula is C18H21BrN2O5S. The summed E-state index contributed by atoms with van der Waals surface area (Å²) in [4.78, 5) is 12.6. The summed E-state index contributed by atoms with van der Waals surface area (Å²) in [5.41, 5.74) is 1.15. The quantitative estimate of drug-likeness (QED) is 0.665. The second kappa shape index (κ2) is 8.73. The minimum atomic E-state index is -3.75. The Hall–Kier alpha value is -2.10. The van der Waals surface area contributed by atoms with Gasteiger partial charge in [0.1, 0.15) is 0 Å². The van der Waals surface area contributed by atoms with Crippen molar-refractivity contribution in [2.75, 3.05) is 13.7 Å². The average molecular weight is 457 g/mol. The third-order valence-corrected chi connectivity index (χ3v) is 5.35. The van der Waals surface area contributed by atoms with Crippen molar-refractivity contribution in [3.05, 3.63) is 52.0 Å². The average Bonchev–Trinajstić information content (AvgIpc) is 2.61. The summed E-state index contributed by atoms with van der Waals surface area (Å²) in [5.74, 6) is 0.673. The lowest BCUT2D eigenvalue weighted by atomic mass is 10.1. The Balaban J connectivity index is 2.21. The Morgan fingerprint density at radius 3 is 2.41 bits per heavy atom. The number of halogens is 1. The Labute approximate surface area is 167 Å². The SMILES string of the molecule is CCOc1cc(C(=O)N[C@H](C)c2ccc(S(N)(=O)=O)cc2)cc(Br)c1OC. The number of carbonyl (C=O) groups excluding carboxylic acids is 1. The fourth-order valence-corrected chi connectivity index (χ4v) is 3.59. The van der Waals surface area contributed by atoms with Gasteiger partial charge in [0.25, 0.3) is 5.91 Å². The van der Waals surface area contributed by atoms with E-state index in [0.29, 0.717) is 28.1 Å². The van der Waals surface area contributed by atoms with Gasteiger partial charge in [-0.05, 0) is 59.6 Å². The van der Waals surface area contributed by atoms with E-state index in [1.54, 1.807) is 31.2 Å². The van der Waals surface area contributed by atoms with Gasteiger partial charge in [0, 0.05) is 5.56 Å². The number of sulfonamides is 1. The molecule has 146 valence electrons. The van der Waals surface area contributed by atoms with E-state index in [0.717, 1.165) is 5.56 Å². The Kier molecular flexibility index (Phi) is 6.85. The van der Waals surface area contributed by atoms with Gasteiger partial charge in [-0.2, -0.15) is 0 Å². The number of primary sulfonamides is 1. The van der Waals surface area contributed by atoms with Gasteiger partial charge in [-0.25, -0.2) is 13.6 Å². The fraction of sp³-hybridized carbons (Fsp3) is 0.278. The largest absolute Gasteiger partial charge is 0.492 e. The molecule has 2 rings (SSSR count). The van der Waals surface area contributed by atoms with E-state index in [9.17, 15) is 13.2 Å². The van der Waals surface area contributed by atoms with Crippen LogP contribution in [0.15, 0.2) is 45.8 Å². The standard InChI is InChI=1S/C18H21BrN2O5S/c1-4-26-16-10-13(9-15(19)17(16)25-3)18(22)21-11(2)12-5-7-14(8-6-12)27(20,23)24/h5-11H,4H2,1-3H3,(H,21,22)(H2,20,23,24)/t11-/m1/s1. The summed E-state index contributed by atoms with van der Waals surface area (Å²) in [6.07, 6.45) is 0. The molecule has 7 nitrogen and oxygen atoms in total. The molecule has 0 spiro atoms. The van der Waals surface area contributed by atoms with Crippen LogP contribution in [0.1, 0.15) is 35.8 Å². The molecule has 0 aromatic heterocycles. The highest BCUT2D eigenvalue weighted by Crippen LogP contribution is 2.36. The van der Waals surface area contributed by atoms with E-state index in [1.807, 2.05) is 6.92 Å². The van der Waals surface area contributed by atoms with Crippen molar-refractivity contribution in [2.24, 2.45) is 5.14 Å². The van der Waals surface area contributed by atoms with Crippen LogP contribution < -0.4 is 19.9 Å². The number of hydrogen-bond acceptors (Lipinski definition) is 5. The summed E-state index contributed by atoms with van der Waals surface area (Å²) >= 11 is 3.38. The number of carbonyl (C=O) groups is 1. The Bertz CT molecular complexity index is 930. The van der Waals surface area contributed by atoms with Gasteiger partial charge < -0.3 is 14.8 Å². The van der Waals surface area contributed by atoms with E-state index in [1.165, 1.54) is 19.2 Å². The number of nitrogens with two attached hydrogens (primary N) is 1. The van der Waals surface area contributed by atoms with Gasteiger partial charge in [-0.3, -0.25) is 4.79 Å². The third kappa shape index (κ3) is 5.21. The summed E-state index contributed by atoms with van der Waals surface area (Å²) in [5, 5.41) is 7.96. The highest BCUT2D eigenvalue weighted by Gasteiger charge is 2.18. The van der Waals surface area contributed by atoms with Crippen molar-refractivity contribution in [3.63, 3.8) is 0 Å². The zero-order valence-corrected chi connectivity index (χ0v) is 17.6. The van der Waals surface area contributed by atoms with Gasteiger partial charge in [0.15, 0.2) is 11.5 Å². The minimum Gasteiger partial charge on any atom is -0.492 e. The molecule has 0 heterocycles. The molecule has 27 heavy (non-hydrogen) atoms. The molecule has 0 fully saturated rings. The van der Waals surface area contributed by atoms with E-state index >= 15 is 0 Å². The van der Waals surface area contributed by atoms with Crippen LogP contribution in [0.2, 0.25) is 0 Å². The maximum absolute atomic E-state index is 12.6. The van der Waals surface area contributed by atoms with Gasteiger partial charge in [-0.15, -0.1) is 0 Å². The fourth-order valence-electron chi connectivity index (χ4n) is 2.47. The highest BCUT2D eigenvalue weighted by molar-refractivity contribution is 9.10. The van der Waals surface area contributed by atoms with Crippen LogP contribution >= 0.6 is 15.9 Å². The summed E-state index contributed by atoms with van der Waals surface area (Å²) in [6, 6.07) is 8.95. The minimum absolute atomic E-state index is 0.0187. The summed E-state index contributed by atoms with van der Waals surface area (Å²) in [6.45, 7) is 4.07. The van der Waals surface area contributed by atoms with E-state index in [4.69, 9.17) is 14.6 Å². The molecule has 9 heteroatoms. The van der Waals surface area contributed by atoms with Crippen LogP contribution in [0.3, 0.4) is 0 Å². The first-order valence-corrected chi connectivity index (χ1v) is 10.4. The van der Waals surface area contributed by atoms with Crippen molar-refractivity contribution < 1.29 is 22.7 Å². The van der Waals surface area contributed by atoms with Crippen molar-refractivity contribution in [2.45, 2.75) is 24.8 Å². The molecule has 0 aliphatic heterocycles. The molecular weight excluding hydrogens is 436 g/mol. The molecule has 0 aliphatic rings. The highest BCUT2D eigenvalue weighted by atomic mass is 79.9. The normalized spacial score (nSPS) is 12.3. The molecule has 0 saturated heterocycles. The van der Waals surface area contributed by atoms with Crippen LogP contribution in [0.4, 0.5) is 0 Å². The molecule has 1 amide bonds. The predicted molar refractivity (Wildman–Crippen MR) is 106 cm³/mol. The number of benzene rings is 2. The van der Waals surface area contributed by atoms with Crippen LogP contribution in [0.5, 0.6) is 11.5 Å². The zero-order valence-electron chi connectivity index (χ0n) is 15.2. The number of hydrogen-bond donors (Lipinski definition) is 2. The lowest BCUT2D eigenvalue weighted by molar-refractivity contribution is 0.0939. The number of rotatable bonds is 7. The summed E-state index contributed by atoms with van der Waals surface area (Å²) in [7, 11) is -2.23. The lowest BCUT2D eigenvalue weighted by Gasteiger charge is -2.17. The Morgan fingerprint density at radius 2 is 1.89 bits per heavy atom. The second-order valence-corrected chi connectivity index (χ2v) is 8.15.